The van der Waals surface area contributed by atoms with Crippen molar-refractivity contribution in [1.82, 2.24) is 15.1 Å². The van der Waals surface area contributed by atoms with Crippen LogP contribution in [-0.2, 0) is 16.3 Å². The number of carbonyl (C=O) groups excluding carboxylic acids is 1. The van der Waals surface area contributed by atoms with Crippen molar-refractivity contribution in [2.24, 2.45) is 0 Å². The number of sulfone groups is 1. The lowest BCUT2D eigenvalue weighted by Crippen LogP contribution is -2.35. The Bertz CT molecular complexity index is 876. The number of nitrogens with zero attached hydrogens (tertiary/aromatic N) is 2. The molecule has 0 spiro atoms. The van der Waals surface area contributed by atoms with Crippen molar-refractivity contribution in [3.05, 3.63) is 46.7 Å². The van der Waals surface area contributed by atoms with Crippen molar-refractivity contribution in [2.45, 2.75) is 25.8 Å². The molecule has 8 heteroatoms. The third-order valence-corrected chi connectivity index (χ3v) is 6.07. The third-order valence-electron chi connectivity index (χ3n) is 4.07. The minimum atomic E-state index is -3.03. The van der Waals surface area contributed by atoms with E-state index >= 15 is 0 Å². The molecule has 1 atom stereocenters. The first-order valence-electron chi connectivity index (χ1n) is 7.74. The zero-order valence-electron chi connectivity index (χ0n) is 13.2. The number of benzene rings is 1. The SMILES string of the molecule is CCc1c(C(=O)N[C@H]2CCS(=O)(=O)C2)cnn1-c1cccc(Cl)c1. The molecule has 1 aliphatic rings. The smallest absolute Gasteiger partial charge is 0.255 e. The van der Waals surface area contributed by atoms with E-state index in [1.165, 1.54) is 6.20 Å². The third kappa shape index (κ3) is 3.47. The molecule has 0 bridgehead atoms. The van der Waals surface area contributed by atoms with Gasteiger partial charge in [-0.1, -0.05) is 24.6 Å². The highest BCUT2D eigenvalue weighted by molar-refractivity contribution is 7.91. The molecule has 2 heterocycles. The number of rotatable bonds is 4. The zero-order chi connectivity index (χ0) is 17.3. The highest BCUT2D eigenvalue weighted by Gasteiger charge is 2.30. The van der Waals surface area contributed by atoms with Crippen molar-refractivity contribution in [3.8, 4) is 5.69 Å². The Balaban J connectivity index is 1.85. The van der Waals surface area contributed by atoms with Gasteiger partial charge in [-0.15, -0.1) is 0 Å². The Morgan fingerprint density at radius 2 is 2.25 bits per heavy atom. The standard InChI is InChI=1S/C16H18ClN3O3S/c1-2-15-14(16(21)19-12-6-7-24(22,23)10-12)9-18-20(15)13-5-3-4-11(17)8-13/h3-5,8-9,12H,2,6-7,10H2,1H3,(H,19,21)/t12-/m0/s1. The van der Waals surface area contributed by atoms with Gasteiger partial charge in [0.05, 0.1) is 34.6 Å². The molecule has 2 aromatic rings. The average Bonchev–Trinajstić information content (AvgIpc) is 3.10. The minimum Gasteiger partial charge on any atom is -0.348 e. The van der Waals surface area contributed by atoms with E-state index in [2.05, 4.69) is 10.4 Å². The summed E-state index contributed by atoms with van der Waals surface area (Å²) in [6, 6.07) is 6.90. The second kappa shape index (κ2) is 6.57. The van der Waals surface area contributed by atoms with E-state index in [0.717, 1.165) is 11.4 Å². The fourth-order valence-electron chi connectivity index (χ4n) is 2.91. The van der Waals surface area contributed by atoms with Gasteiger partial charge in [0.1, 0.15) is 0 Å². The van der Waals surface area contributed by atoms with E-state index in [1.54, 1.807) is 16.8 Å². The van der Waals surface area contributed by atoms with Crippen molar-refractivity contribution in [3.63, 3.8) is 0 Å². The van der Waals surface area contributed by atoms with Crippen molar-refractivity contribution >= 4 is 27.3 Å². The molecule has 6 nitrogen and oxygen atoms in total. The van der Waals surface area contributed by atoms with E-state index in [-0.39, 0.29) is 23.5 Å². The Morgan fingerprint density at radius 3 is 2.88 bits per heavy atom. The quantitative estimate of drug-likeness (QED) is 0.896. The first kappa shape index (κ1) is 17.0. The van der Waals surface area contributed by atoms with Gasteiger partial charge >= 0.3 is 0 Å². The summed E-state index contributed by atoms with van der Waals surface area (Å²) in [7, 11) is -3.03. The number of amides is 1. The molecular formula is C16H18ClN3O3S. The van der Waals surface area contributed by atoms with E-state index in [4.69, 9.17) is 11.6 Å². The predicted octanol–water partition coefficient (Wildman–Crippen LogP) is 2.00. The average molecular weight is 368 g/mol. The Hall–Kier alpha value is -1.86. The minimum absolute atomic E-state index is 0.00261. The summed E-state index contributed by atoms with van der Waals surface area (Å²) in [5.74, 6) is -0.162. The number of nitrogens with one attached hydrogen (secondary N) is 1. The molecule has 1 saturated heterocycles. The summed E-state index contributed by atoms with van der Waals surface area (Å²) in [5.41, 5.74) is 2.00. The van der Waals surface area contributed by atoms with Crippen LogP contribution < -0.4 is 5.32 Å². The summed E-state index contributed by atoms with van der Waals surface area (Å²) in [5, 5.41) is 7.70. The van der Waals surface area contributed by atoms with Gasteiger partial charge in [-0.2, -0.15) is 5.10 Å². The lowest BCUT2D eigenvalue weighted by Gasteiger charge is -2.12. The first-order valence-corrected chi connectivity index (χ1v) is 9.93. The van der Waals surface area contributed by atoms with Crippen LogP contribution in [0.25, 0.3) is 5.69 Å². The molecule has 0 radical (unpaired) electrons. The second-order valence-corrected chi connectivity index (χ2v) is 8.49. The zero-order valence-corrected chi connectivity index (χ0v) is 14.8. The molecule has 3 rings (SSSR count). The Labute approximate surface area is 145 Å². The van der Waals surface area contributed by atoms with Crippen LogP contribution in [0.4, 0.5) is 0 Å². The maximum absolute atomic E-state index is 12.5. The van der Waals surface area contributed by atoms with Crippen molar-refractivity contribution < 1.29 is 13.2 Å². The van der Waals surface area contributed by atoms with Gasteiger partial charge in [-0.25, -0.2) is 13.1 Å². The summed E-state index contributed by atoms with van der Waals surface area (Å²) >= 11 is 6.02. The molecule has 0 saturated carbocycles. The second-order valence-electron chi connectivity index (χ2n) is 5.82. The molecule has 1 amide bonds. The van der Waals surface area contributed by atoms with Gasteiger partial charge in [0, 0.05) is 11.1 Å². The number of aromatic nitrogens is 2. The molecular weight excluding hydrogens is 350 g/mol. The van der Waals surface area contributed by atoms with Gasteiger partial charge in [0.25, 0.3) is 5.91 Å². The Morgan fingerprint density at radius 1 is 1.46 bits per heavy atom. The lowest BCUT2D eigenvalue weighted by atomic mass is 10.1. The highest BCUT2D eigenvalue weighted by atomic mass is 35.5. The topological polar surface area (TPSA) is 81.1 Å². The summed E-state index contributed by atoms with van der Waals surface area (Å²) in [6.07, 6.45) is 2.58. The van der Waals surface area contributed by atoms with Crippen LogP contribution in [0, 0.1) is 0 Å². The maximum atomic E-state index is 12.5. The highest BCUT2D eigenvalue weighted by Crippen LogP contribution is 2.20. The van der Waals surface area contributed by atoms with Gasteiger partial charge < -0.3 is 5.32 Å². The molecule has 1 aromatic heterocycles. The molecule has 24 heavy (non-hydrogen) atoms. The van der Waals surface area contributed by atoms with E-state index in [1.807, 2.05) is 19.1 Å². The van der Waals surface area contributed by atoms with Crippen LogP contribution in [0.15, 0.2) is 30.5 Å². The van der Waals surface area contributed by atoms with Gasteiger partial charge in [0.2, 0.25) is 0 Å². The fraction of sp³-hybridized carbons (Fsp3) is 0.375. The van der Waals surface area contributed by atoms with E-state index in [0.29, 0.717) is 23.4 Å². The predicted molar refractivity (Wildman–Crippen MR) is 92.5 cm³/mol. The molecule has 1 N–H and O–H groups in total. The monoisotopic (exact) mass is 367 g/mol. The van der Waals surface area contributed by atoms with Crippen LogP contribution in [-0.4, -0.2) is 41.7 Å². The summed E-state index contributed by atoms with van der Waals surface area (Å²) in [6.45, 7) is 1.94. The molecule has 1 fully saturated rings. The van der Waals surface area contributed by atoms with Crippen molar-refractivity contribution in [2.75, 3.05) is 11.5 Å². The normalized spacial score (nSPS) is 19.3. The van der Waals surface area contributed by atoms with Crippen LogP contribution in [0.1, 0.15) is 29.4 Å². The molecule has 128 valence electrons. The van der Waals surface area contributed by atoms with Crippen LogP contribution in [0.3, 0.4) is 0 Å². The molecule has 1 aromatic carbocycles. The van der Waals surface area contributed by atoms with Gasteiger partial charge in [0.15, 0.2) is 9.84 Å². The largest absolute Gasteiger partial charge is 0.348 e. The molecule has 0 aliphatic carbocycles. The molecule has 0 unspecified atom stereocenters. The number of hydrogen-bond donors (Lipinski definition) is 1. The maximum Gasteiger partial charge on any atom is 0.255 e. The first-order chi connectivity index (χ1) is 11.4. The van der Waals surface area contributed by atoms with Gasteiger partial charge in [-0.3, -0.25) is 4.79 Å². The summed E-state index contributed by atoms with van der Waals surface area (Å²) in [4.78, 5) is 12.5. The lowest BCUT2D eigenvalue weighted by molar-refractivity contribution is 0.0940. The summed E-state index contributed by atoms with van der Waals surface area (Å²) < 4.78 is 24.7. The Kier molecular flexibility index (Phi) is 4.64. The van der Waals surface area contributed by atoms with Crippen LogP contribution in [0.5, 0.6) is 0 Å². The van der Waals surface area contributed by atoms with Gasteiger partial charge in [-0.05, 0) is 31.0 Å². The van der Waals surface area contributed by atoms with E-state index in [9.17, 15) is 13.2 Å². The fourth-order valence-corrected chi connectivity index (χ4v) is 4.76. The van der Waals surface area contributed by atoms with Crippen LogP contribution in [0.2, 0.25) is 5.02 Å². The number of carbonyl (C=O) groups is 1. The van der Waals surface area contributed by atoms with Crippen molar-refractivity contribution in [1.29, 1.82) is 0 Å². The van der Waals surface area contributed by atoms with Crippen LogP contribution >= 0.6 is 11.6 Å². The molecule has 1 aliphatic heterocycles. The van der Waals surface area contributed by atoms with E-state index < -0.39 is 9.84 Å². The number of hydrogen-bond acceptors (Lipinski definition) is 4. The number of halogens is 1.